The van der Waals surface area contributed by atoms with Crippen molar-refractivity contribution in [3.8, 4) is 5.75 Å². The van der Waals surface area contributed by atoms with Gasteiger partial charge in [-0.1, -0.05) is 12.1 Å². The number of benzene rings is 2. The molecule has 28 heavy (non-hydrogen) atoms. The summed E-state index contributed by atoms with van der Waals surface area (Å²) in [5.74, 6) is 1.41. The van der Waals surface area contributed by atoms with E-state index in [-0.39, 0.29) is 5.97 Å². The third-order valence-corrected chi connectivity index (χ3v) is 3.76. The summed E-state index contributed by atoms with van der Waals surface area (Å²) in [5, 5.41) is 6.30. The molecule has 0 fully saturated rings. The zero-order valence-corrected chi connectivity index (χ0v) is 15.8. The Balaban J connectivity index is 1.74. The van der Waals surface area contributed by atoms with E-state index < -0.39 is 0 Å². The average Bonchev–Trinajstić information content (AvgIpc) is 2.71. The summed E-state index contributed by atoms with van der Waals surface area (Å²) in [5.41, 5.74) is 1.91. The minimum absolute atomic E-state index is 0.316. The number of hydrogen-bond donors (Lipinski definition) is 2. The molecule has 3 aromatic rings. The molecule has 1 heterocycles. The molecule has 7 nitrogen and oxygen atoms in total. The topological polar surface area (TPSA) is 85.4 Å². The number of rotatable bonds is 8. The first-order valence-corrected chi connectivity index (χ1v) is 9.05. The Bertz CT molecular complexity index is 929. The van der Waals surface area contributed by atoms with Crippen LogP contribution in [0.15, 0.2) is 60.8 Å². The molecule has 0 saturated carbocycles. The molecule has 144 valence electrons. The lowest BCUT2D eigenvalue weighted by Gasteiger charge is -2.12. The maximum Gasteiger partial charge on any atom is 0.340 e. The maximum absolute atomic E-state index is 12.1. The lowest BCUT2D eigenvalue weighted by Crippen LogP contribution is -2.08. The van der Waals surface area contributed by atoms with Crippen LogP contribution in [0.4, 0.5) is 23.1 Å². The van der Waals surface area contributed by atoms with Gasteiger partial charge < -0.3 is 20.1 Å². The maximum atomic E-state index is 12.1. The molecule has 0 bridgehead atoms. The molecule has 0 atom stereocenters. The van der Waals surface area contributed by atoms with Crippen LogP contribution in [0.25, 0.3) is 0 Å². The van der Waals surface area contributed by atoms with Crippen molar-refractivity contribution in [2.45, 2.75) is 13.8 Å². The Morgan fingerprint density at radius 3 is 2.50 bits per heavy atom. The zero-order valence-electron chi connectivity index (χ0n) is 15.8. The minimum atomic E-state index is -0.382. The molecule has 0 amide bonds. The van der Waals surface area contributed by atoms with Crippen molar-refractivity contribution in [3.63, 3.8) is 0 Å². The lowest BCUT2D eigenvalue weighted by molar-refractivity contribution is 0.0527. The van der Waals surface area contributed by atoms with E-state index in [1.165, 1.54) is 0 Å². The van der Waals surface area contributed by atoms with Crippen LogP contribution in [-0.2, 0) is 4.74 Å². The van der Waals surface area contributed by atoms with Gasteiger partial charge in [-0.2, -0.15) is 4.98 Å². The first-order valence-electron chi connectivity index (χ1n) is 9.05. The van der Waals surface area contributed by atoms with Gasteiger partial charge in [-0.25, -0.2) is 9.78 Å². The van der Waals surface area contributed by atoms with Gasteiger partial charge in [0.2, 0.25) is 5.95 Å². The first kappa shape index (κ1) is 19.2. The van der Waals surface area contributed by atoms with E-state index >= 15 is 0 Å². The second-order valence-corrected chi connectivity index (χ2v) is 5.74. The number of esters is 1. The highest BCUT2D eigenvalue weighted by atomic mass is 16.5. The van der Waals surface area contributed by atoms with Gasteiger partial charge in [0.05, 0.1) is 24.5 Å². The Labute approximate surface area is 163 Å². The lowest BCUT2D eigenvalue weighted by atomic mass is 10.2. The van der Waals surface area contributed by atoms with Crippen LogP contribution in [-0.4, -0.2) is 29.2 Å². The van der Waals surface area contributed by atoms with Crippen LogP contribution in [0, 0.1) is 0 Å². The Hall–Kier alpha value is -3.61. The fourth-order valence-electron chi connectivity index (χ4n) is 2.54. The van der Waals surface area contributed by atoms with Crippen molar-refractivity contribution in [1.29, 1.82) is 0 Å². The van der Waals surface area contributed by atoms with Crippen molar-refractivity contribution >= 4 is 29.1 Å². The van der Waals surface area contributed by atoms with Crippen LogP contribution < -0.4 is 15.4 Å². The molecule has 1 aromatic heterocycles. The Kier molecular flexibility index (Phi) is 6.41. The normalized spacial score (nSPS) is 10.2. The summed E-state index contributed by atoms with van der Waals surface area (Å²) in [6.07, 6.45) is 1.64. The molecule has 2 N–H and O–H groups in total. The third kappa shape index (κ3) is 4.97. The predicted molar refractivity (Wildman–Crippen MR) is 109 cm³/mol. The summed E-state index contributed by atoms with van der Waals surface area (Å²) in [6.45, 7) is 4.66. The molecule has 2 aromatic carbocycles. The van der Waals surface area contributed by atoms with E-state index in [1.807, 2.05) is 37.3 Å². The van der Waals surface area contributed by atoms with E-state index in [4.69, 9.17) is 9.47 Å². The zero-order chi connectivity index (χ0) is 19.8. The molecule has 0 aliphatic carbocycles. The van der Waals surface area contributed by atoms with E-state index in [1.54, 1.807) is 37.4 Å². The van der Waals surface area contributed by atoms with Gasteiger partial charge in [-0.3, -0.25) is 0 Å². The molecular formula is C21H22N4O3. The molecule has 0 unspecified atom stereocenters. The molecule has 0 aliphatic rings. The van der Waals surface area contributed by atoms with Crippen molar-refractivity contribution in [2.24, 2.45) is 0 Å². The summed E-state index contributed by atoms with van der Waals surface area (Å²) >= 11 is 0. The smallest absolute Gasteiger partial charge is 0.340 e. The van der Waals surface area contributed by atoms with Gasteiger partial charge in [0, 0.05) is 11.9 Å². The first-order chi connectivity index (χ1) is 13.7. The van der Waals surface area contributed by atoms with E-state index in [0.29, 0.717) is 36.2 Å². The summed E-state index contributed by atoms with van der Waals surface area (Å²) in [4.78, 5) is 20.8. The summed E-state index contributed by atoms with van der Waals surface area (Å²) in [7, 11) is 0. The van der Waals surface area contributed by atoms with Crippen LogP contribution >= 0.6 is 0 Å². The van der Waals surface area contributed by atoms with Crippen molar-refractivity contribution < 1.29 is 14.3 Å². The van der Waals surface area contributed by atoms with Crippen molar-refractivity contribution in [2.75, 3.05) is 23.8 Å². The molecule has 7 heteroatoms. The molecule has 3 rings (SSSR count). The number of aromatic nitrogens is 2. The monoisotopic (exact) mass is 378 g/mol. The highest BCUT2D eigenvalue weighted by Gasteiger charge is 2.12. The SMILES string of the molecule is CCOC(=O)c1ccccc1Nc1ccnc(Nc2ccc(OCC)cc2)n1. The Morgan fingerprint density at radius 2 is 1.75 bits per heavy atom. The van der Waals surface area contributed by atoms with Crippen LogP contribution in [0.2, 0.25) is 0 Å². The van der Waals surface area contributed by atoms with E-state index in [0.717, 1.165) is 11.4 Å². The predicted octanol–water partition coefficient (Wildman–Crippen LogP) is 4.54. The van der Waals surface area contributed by atoms with Crippen LogP contribution in [0.3, 0.4) is 0 Å². The van der Waals surface area contributed by atoms with Gasteiger partial charge in [0.15, 0.2) is 0 Å². The van der Waals surface area contributed by atoms with Gasteiger partial charge in [0.25, 0.3) is 0 Å². The largest absolute Gasteiger partial charge is 0.494 e. The van der Waals surface area contributed by atoms with Crippen LogP contribution in [0.1, 0.15) is 24.2 Å². The summed E-state index contributed by atoms with van der Waals surface area (Å²) < 4.78 is 10.5. The number of nitrogens with zero attached hydrogens (tertiary/aromatic N) is 2. The average molecular weight is 378 g/mol. The number of nitrogens with one attached hydrogen (secondary N) is 2. The van der Waals surface area contributed by atoms with Gasteiger partial charge in [-0.15, -0.1) is 0 Å². The van der Waals surface area contributed by atoms with Gasteiger partial charge >= 0.3 is 5.97 Å². The van der Waals surface area contributed by atoms with Crippen molar-refractivity contribution in [1.82, 2.24) is 9.97 Å². The molecule has 0 saturated heterocycles. The standard InChI is InChI=1S/C21H22N4O3/c1-3-27-16-11-9-15(10-12-16)23-21-22-14-13-19(25-21)24-18-8-6-5-7-17(18)20(26)28-4-2/h5-14H,3-4H2,1-2H3,(H2,22,23,24,25). The van der Waals surface area contributed by atoms with Crippen molar-refractivity contribution in [3.05, 3.63) is 66.4 Å². The number of anilines is 4. The number of hydrogen-bond acceptors (Lipinski definition) is 7. The second-order valence-electron chi connectivity index (χ2n) is 5.74. The summed E-state index contributed by atoms with van der Waals surface area (Å²) in [6, 6.07) is 16.4. The molecule has 0 radical (unpaired) electrons. The number of para-hydroxylation sites is 1. The highest BCUT2D eigenvalue weighted by molar-refractivity contribution is 5.96. The minimum Gasteiger partial charge on any atom is -0.494 e. The fraction of sp³-hybridized carbons (Fsp3) is 0.190. The van der Waals surface area contributed by atoms with E-state index in [9.17, 15) is 4.79 Å². The Morgan fingerprint density at radius 1 is 0.964 bits per heavy atom. The number of carbonyl (C=O) groups excluding carboxylic acids is 1. The molecule has 0 spiro atoms. The quantitative estimate of drug-likeness (QED) is 0.557. The van der Waals surface area contributed by atoms with E-state index in [2.05, 4.69) is 20.6 Å². The fourth-order valence-corrected chi connectivity index (χ4v) is 2.54. The highest BCUT2D eigenvalue weighted by Crippen LogP contribution is 2.22. The second kappa shape index (κ2) is 9.36. The molecule has 0 aliphatic heterocycles. The number of ether oxygens (including phenoxy) is 2. The molecular weight excluding hydrogens is 356 g/mol. The third-order valence-electron chi connectivity index (χ3n) is 3.76. The van der Waals surface area contributed by atoms with Gasteiger partial charge in [-0.05, 0) is 56.3 Å². The number of carbonyl (C=O) groups is 1. The van der Waals surface area contributed by atoms with Crippen LogP contribution in [0.5, 0.6) is 5.75 Å². The van der Waals surface area contributed by atoms with Gasteiger partial charge in [0.1, 0.15) is 11.6 Å².